The fourth-order valence-corrected chi connectivity index (χ4v) is 1.89. The van der Waals surface area contributed by atoms with Crippen molar-refractivity contribution >= 4 is 28.8 Å². The number of anilines is 1. The number of nitrogens with one attached hydrogen (secondary N) is 1. The molecule has 1 aromatic carbocycles. The number of carbonyl (C=O) groups is 1. The van der Waals surface area contributed by atoms with E-state index in [0.717, 1.165) is 0 Å². The van der Waals surface area contributed by atoms with Crippen LogP contribution in [-0.2, 0) is 0 Å². The molecule has 6 heteroatoms. The van der Waals surface area contributed by atoms with Gasteiger partial charge in [-0.25, -0.2) is 0 Å². The first-order valence-electron chi connectivity index (χ1n) is 5.81. The van der Waals surface area contributed by atoms with Crippen LogP contribution in [0, 0.1) is 0 Å². The van der Waals surface area contributed by atoms with Crippen molar-refractivity contribution in [2.45, 2.75) is 0 Å². The molecule has 0 bridgehead atoms. The predicted octanol–water partition coefficient (Wildman–Crippen LogP) is 1.98. The van der Waals surface area contributed by atoms with Crippen LogP contribution < -0.4 is 15.8 Å². The number of carbonyl (C=O) groups excluding carboxylic acids is 1. The van der Waals surface area contributed by atoms with E-state index < -0.39 is 0 Å². The molecule has 1 heterocycles. The van der Waals surface area contributed by atoms with Gasteiger partial charge < -0.3 is 15.8 Å². The first-order chi connectivity index (χ1) is 9.63. The fraction of sp³-hybridized carbons (Fsp3) is 0.0714. The highest BCUT2D eigenvalue weighted by Gasteiger charge is 2.15. The molecule has 1 aromatic heterocycles. The highest BCUT2D eigenvalue weighted by atomic mass is 32.1. The van der Waals surface area contributed by atoms with Crippen molar-refractivity contribution in [3.8, 4) is 5.75 Å². The molecule has 3 N–H and O–H groups in total. The molecule has 0 aliphatic carbocycles. The number of hydrogen-bond donors (Lipinski definition) is 2. The Hall–Kier alpha value is -2.47. The minimum absolute atomic E-state index is 0.186. The molecular weight excluding hydrogens is 274 g/mol. The van der Waals surface area contributed by atoms with Crippen molar-refractivity contribution in [2.75, 3.05) is 12.4 Å². The molecular formula is C14H13N3O2S. The monoisotopic (exact) mass is 287 g/mol. The summed E-state index contributed by atoms with van der Waals surface area (Å²) in [5, 5.41) is 2.76. The van der Waals surface area contributed by atoms with E-state index in [0.29, 0.717) is 22.6 Å². The van der Waals surface area contributed by atoms with E-state index >= 15 is 0 Å². The Morgan fingerprint density at radius 3 is 2.75 bits per heavy atom. The van der Waals surface area contributed by atoms with E-state index in [1.165, 1.54) is 13.3 Å². The number of rotatable bonds is 4. The van der Waals surface area contributed by atoms with Gasteiger partial charge in [0.2, 0.25) is 0 Å². The Morgan fingerprint density at radius 2 is 2.15 bits per heavy atom. The van der Waals surface area contributed by atoms with Crippen LogP contribution in [0.2, 0.25) is 0 Å². The van der Waals surface area contributed by atoms with Gasteiger partial charge in [-0.2, -0.15) is 0 Å². The lowest BCUT2D eigenvalue weighted by Gasteiger charge is -2.14. The maximum atomic E-state index is 12.2. The van der Waals surface area contributed by atoms with Crippen LogP contribution in [0.25, 0.3) is 0 Å². The van der Waals surface area contributed by atoms with Crippen LogP contribution in [0.1, 0.15) is 15.9 Å². The maximum absolute atomic E-state index is 12.2. The molecule has 0 saturated carbocycles. The van der Waals surface area contributed by atoms with Gasteiger partial charge in [-0.3, -0.25) is 9.78 Å². The van der Waals surface area contributed by atoms with Gasteiger partial charge in [0.05, 0.1) is 18.4 Å². The first-order valence-corrected chi connectivity index (χ1v) is 6.22. The van der Waals surface area contributed by atoms with Crippen LogP contribution in [0.15, 0.2) is 42.7 Å². The number of nitrogens with zero attached hydrogens (tertiary/aromatic N) is 1. The molecule has 0 unspecified atom stereocenters. The second-order valence-corrected chi connectivity index (χ2v) is 4.38. The molecule has 0 radical (unpaired) electrons. The molecule has 2 aromatic rings. The SMILES string of the molecule is COc1cccc(C(N)=S)c1NC(=O)c1cccnc1. The van der Waals surface area contributed by atoms with Crippen molar-refractivity contribution in [1.82, 2.24) is 4.98 Å². The molecule has 1 amide bonds. The topological polar surface area (TPSA) is 77.2 Å². The van der Waals surface area contributed by atoms with E-state index in [2.05, 4.69) is 10.3 Å². The van der Waals surface area contributed by atoms with E-state index in [4.69, 9.17) is 22.7 Å². The molecule has 102 valence electrons. The molecule has 0 saturated heterocycles. The second kappa shape index (κ2) is 6.12. The minimum Gasteiger partial charge on any atom is -0.495 e. The number of ether oxygens (including phenoxy) is 1. The lowest BCUT2D eigenvalue weighted by atomic mass is 10.1. The number of amides is 1. The zero-order chi connectivity index (χ0) is 14.5. The third-order valence-corrected chi connectivity index (χ3v) is 2.89. The van der Waals surface area contributed by atoms with Gasteiger partial charge >= 0.3 is 0 Å². The van der Waals surface area contributed by atoms with Crippen LogP contribution in [0.3, 0.4) is 0 Å². The third kappa shape index (κ3) is 2.92. The third-order valence-electron chi connectivity index (χ3n) is 2.67. The fourth-order valence-electron chi connectivity index (χ4n) is 1.72. The molecule has 0 fully saturated rings. The highest BCUT2D eigenvalue weighted by molar-refractivity contribution is 7.80. The Balaban J connectivity index is 2.38. The second-order valence-electron chi connectivity index (χ2n) is 3.94. The van der Waals surface area contributed by atoms with E-state index in [9.17, 15) is 4.79 Å². The minimum atomic E-state index is -0.305. The van der Waals surface area contributed by atoms with E-state index in [1.54, 1.807) is 36.5 Å². The maximum Gasteiger partial charge on any atom is 0.257 e. The summed E-state index contributed by atoms with van der Waals surface area (Å²) in [6.45, 7) is 0. The van der Waals surface area contributed by atoms with E-state index in [-0.39, 0.29) is 10.9 Å². The van der Waals surface area contributed by atoms with Gasteiger partial charge in [-0.15, -0.1) is 0 Å². The number of nitrogens with two attached hydrogens (primary N) is 1. The lowest BCUT2D eigenvalue weighted by molar-refractivity contribution is 0.102. The smallest absolute Gasteiger partial charge is 0.257 e. The summed E-state index contributed by atoms with van der Waals surface area (Å²) in [4.78, 5) is 16.3. The van der Waals surface area contributed by atoms with Crippen LogP contribution in [-0.4, -0.2) is 23.0 Å². The van der Waals surface area contributed by atoms with Gasteiger partial charge in [-0.05, 0) is 24.3 Å². The van der Waals surface area contributed by atoms with Gasteiger partial charge in [0.25, 0.3) is 5.91 Å². The summed E-state index contributed by atoms with van der Waals surface area (Å²) < 4.78 is 5.23. The number of aromatic nitrogens is 1. The number of pyridine rings is 1. The highest BCUT2D eigenvalue weighted by Crippen LogP contribution is 2.28. The largest absolute Gasteiger partial charge is 0.495 e. The summed E-state index contributed by atoms with van der Waals surface area (Å²) in [6, 6.07) is 8.56. The van der Waals surface area contributed by atoms with Crippen LogP contribution in [0.5, 0.6) is 5.75 Å². The summed E-state index contributed by atoms with van der Waals surface area (Å²) in [7, 11) is 1.51. The Bertz CT molecular complexity index is 644. The van der Waals surface area contributed by atoms with Crippen molar-refractivity contribution in [1.29, 1.82) is 0 Å². The number of benzene rings is 1. The standard InChI is InChI=1S/C14H13N3O2S/c1-19-11-6-2-5-10(13(15)20)12(11)17-14(18)9-4-3-7-16-8-9/h2-8H,1H3,(H2,15,20)(H,17,18). The van der Waals surface area contributed by atoms with Gasteiger partial charge in [0.15, 0.2) is 0 Å². The Morgan fingerprint density at radius 1 is 1.35 bits per heavy atom. The molecule has 0 atom stereocenters. The quantitative estimate of drug-likeness (QED) is 0.841. The van der Waals surface area contributed by atoms with Crippen molar-refractivity contribution in [3.05, 3.63) is 53.9 Å². The number of hydrogen-bond acceptors (Lipinski definition) is 4. The molecule has 0 aliphatic rings. The normalized spacial score (nSPS) is 9.85. The van der Waals surface area contributed by atoms with Crippen LogP contribution in [0.4, 0.5) is 5.69 Å². The summed E-state index contributed by atoms with van der Waals surface area (Å²) >= 11 is 4.99. The number of methoxy groups -OCH3 is 1. The molecule has 20 heavy (non-hydrogen) atoms. The molecule has 5 nitrogen and oxygen atoms in total. The summed E-state index contributed by atoms with van der Waals surface area (Å²) in [6.07, 6.45) is 3.07. The van der Waals surface area contributed by atoms with Crippen molar-refractivity contribution in [3.63, 3.8) is 0 Å². The zero-order valence-corrected chi connectivity index (χ0v) is 11.6. The van der Waals surface area contributed by atoms with Crippen LogP contribution >= 0.6 is 12.2 Å². The molecule has 0 aliphatic heterocycles. The van der Waals surface area contributed by atoms with Gasteiger partial charge in [0, 0.05) is 18.0 Å². The van der Waals surface area contributed by atoms with Crippen molar-refractivity contribution < 1.29 is 9.53 Å². The van der Waals surface area contributed by atoms with Gasteiger partial charge in [0.1, 0.15) is 10.7 Å². The summed E-state index contributed by atoms with van der Waals surface area (Å²) in [5.74, 6) is 0.188. The Kier molecular flexibility index (Phi) is 4.27. The molecule has 0 spiro atoms. The lowest BCUT2D eigenvalue weighted by Crippen LogP contribution is -2.18. The zero-order valence-electron chi connectivity index (χ0n) is 10.8. The Labute approximate surface area is 121 Å². The average molecular weight is 287 g/mol. The summed E-state index contributed by atoms with van der Waals surface area (Å²) in [5.41, 5.74) is 7.11. The predicted molar refractivity (Wildman–Crippen MR) is 81.1 cm³/mol. The van der Waals surface area contributed by atoms with Crippen molar-refractivity contribution in [2.24, 2.45) is 5.73 Å². The number of thiocarbonyl (C=S) groups is 1. The van der Waals surface area contributed by atoms with Gasteiger partial charge in [-0.1, -0.05) is 18.3 Å². The molecule has 2 rings (SSSR count). The number of para-hydroxylation sites is 1. The average Bonchev–Trinajstić information content (AvgIpc) is 2.48. The first kappa shape index (κ1) is 14.0. The van der Waals surface area contributed by atoms with E-state index in [1.807, 2.05) is 0 Å².